The second-order valence-corrected chi connectivity index (χ2v) is 3.29. The SMILES string of the molecule is OCCn1cc2c(n1)CCCC2. The normalized spacial score (nSPS) is 16.1. The van der Waals surface area contributed by atoms with Crippen LogP contribution in [0.25, 0.3) is 0 Å². The lowest BCUT2D eigenvalue weighted by molar-refractivity contribution is 0.269. The summed E-state index contributed by atoms with van der Waals surface area (Å²) in [5.74, 6) is 0. The zero-order valence-electron chi connectivity index (χ0n) is 7.16. The van der Waals surface area contributed by atoms with E-state index >= 15 is 0 Å². The van der Waals surface area contributed by atoms with Crippen molar-refractivity contribution in [1.29, 1.82) is 0 Å². The van der Waals surface area contributed by atoms with Gasteiger partial charge in [0.05, 0.1) is 18.8 Å². The molecule has 66 valence electrons. The van der Waals surface area contributed by atoms with Gasteiger partial charge in [0.25, 0.3) is 0 Å². The number of hydrogen-bond donors (Lipinski definition) is 1. The van der Waals surface area contributed by atoms with Gasteiger partial charge in [-0.15, -0.1) is 0 Å². The molecule has 0 saturated carbocycles. The molecule has 0 radical (unpaired) electrons. The third kappa shape index (κ3) is 1.37. The molecule has 0 amide bonds. The van der Waals surface area contributed by atoms with Crippen LogP contribution in [0.5, 0.6) is 0 Å². The molecule has 0 saturated heterocycles. The molecule has 0 unspecified atom stereocenters. The highest BCUT2D eigenvalue weighted by atomic mass is 16.3. The van der Waals surface area contributed by atoms with E-state index in [0.29, 0.717) is 6.54 Å². The predicted molar refractivity (Wildman–Crippen MR) is 46.0 cm³/mol. The van der Waals surface area contributed by atoms with Crippen molar-refractivity contribution >= 4 is 0 Å². The minimum Gasteiger partial charge on any atom is -0.394 e. The molecule has 0 aromatic carbocycles. The average molecular weight is 166 g/mol. The molecule has 0 fully saturated rings. The summed E-state index contributed by atoms with van der Waals surface area (Å²) in [6, 6.07) is 0. The number of nitrogens with zero attached hydrogens (tertiary/aromatic N) is 2. The molecule has 2 rings (SSSR count). The number of aliphatic hydroxyl groups excluding tert-OH is 1. The predicted octanol–water partition coefficient (Wildman–Crippen LogP) is 0.754. The van der Waals surface area contributed by atoms with E-state index in [1.54, 1.807) is 0 Å². The Morgan fingerprint density at radius 2 is 2.25 bits per heavy atom. The van der Waals surface area contributed by atoms with Gasteiger partial charge in [0.2, 0.25) is 0 Å². The summed E-state index contributed by atoms with van der Waals surface area (Å²) in [6.07, 6.45) is 6.92. The molecule has 1 aromatic heterocycles. The fraction of sp³-hybridized carbons (Fsp3) is 0.667. The zero-order chi connectivity index (χ0) is 8.39. The van der Waals surface area contributed by atoms with E-state index in [-0.39, 0.29) is 6.61 Å². The van der Waals surface area contributed by atoms with Crippen LogP contribution in [0.2, 0.25) is 0 Å². The molecule has 0 aliphatic heterocycles. The van der Waals surface area contributed by atoms with Crippen LogP contribution >= 0.6 is 0 Å². The second kappa shape index (κ2) is 3.27. The van der Waals surface area contributed by atoms with Gasteiger partial charge in [0.1, 0.15) is 0 Å². The van der Waals surface area contributed by atoms with E-state index < -0.39 is 0 Å². The molecule has 3 heteroatoms. The van der Waals surface area contributed by atoms with E-state index in [4.69, 9.17) is 5.11 Å². The van der Waals surface area contributed by atoms with Gasteiger partial charge >= 0.3 is 0 Å². The number of fused-ring (bicyclic) bond motifs is 1. The maximum Gasteiger partial charge on any atom is 0.0656 e. The lowest BCUT2D eigenvalue weighted by Gasteiger charge is -2.06. The van der Waals surface area contributed by atoms with E-state index in [1.165, 1.54) is 30.5 Å². The Morgan fingerprint density at radius 1 is 1.42 bits per heavy atom. The van der Waals surface area contributed by atoms with Gasteiger partial charge in [-0.2, -0.15) is 5.10 Å². The molecule has 1 aliphatic rings. The quantitative estimate of drug-likeness (QED) is 0.704. The van der Waals surface area contributed by atoms with Crippen LogP contribution < -0.4 is 0 Å². The van der Waals surface area contributed by atoms with Gasteiger partial charge in [-0.3, -0.25) is 4.68 Å². The number of hydrogen-bond acceptors (Lipinski definition) is 2. The molecule has 1 N–H and O–H groups in total. The van der Waals surface area contributed by atoms with Gasteiger partial charge in [0.15, 0.2) is 0 Å². The van der Waals surface area contributed by atoms with Gasteiger partial charge in [-0.05, 0) is 31.2 Å². The van der Waals surface area contributed by atoms with E-state index in [2.05, 4.69) is 11.3 Å². The summed E-state index contributed by atoms with van der Waals surface area (Å²) in [7, 11) is 0. The Bertz CT molecular complexity index is 244. The standard InChI is InChI=1S/C9H14N2O/c12-6-5-11-7-8-3-1-2-4-9(8)10-11/h7,12H,1-6H2. The summed E-state index contributed by atoms with van der Waals surface area (Å²) in [4.78, 5) is 0. The van der Waals surface area contributed by atoms with Crippen LogP contribution in [0.1, 0.15) is 24.1 Å². The minimum atomic E-state index is 0.181. The summed E-state index contributed by atoms with van der Waals surface area (Å²) in [5, 5.41) is 13.1. The van der Waals surface area contributed by atoms with Crippen LogP contribution in [0.4, 0.5) is 0 Å². The Kier molecular flexibility index (Phi) is 2.13. The number of aryl methyl sites for hydroxylation is 2. The molecule has 0 bridgehead atoms. The smallest absolute Gasteiger partial charge is 0.0656 e. The first-order valence-corrected chi connectivity index (χ1v) is 4.56. The van der Waals surface area contributed by atoms with Crippen molar-refractivity contribution in [2.75, 3.05) is 6.61 Å². The van der Waals surface area contributed by atoms with Gasteiger partial charge in [-0.25, -0.2) is 0 Å². The zero-order valence-corrected chi connectivity index (χ0v) is 7.16. The molecular formula is C9H14N2O. The molecule has 1 heterocycles. The first-order valence-electron chi connectivity index (χ1n) is 4.56. The van der Waals surface area contributed by atoms with E-state index in [1.807, 2.05) is 4.68 Å². The molecule has 12 heavy (non-hydrogen) atoms. The fourth-order valence-electron chi connectivity index (χ4n) is 1.75. The van der Waals surface area contributed by atoms with Crippen molar-refractivity contribution in [3.05, 3.63) is 17.5 Å². The summed E-state index contributed by atoms with van der Waals surface area (Å²) < 4.78 is 1.86. The molecular weight excluding hydrogens is 152 g/mol. The van der Waals surface area contributed by atoms with Gasteiger partial charge in [-0.1, -0.05) is 0 Å². The minimum absolute atomic E-state index is 0.181. The summed E-state index contributed by atoms with van der Waals surface area (Å²) >= 11 is 0. The van der Waals surface area contributed by atoms with Crippen LogP contribution in [0.15, 0.2) is 6.20 Å². The Labute approximate surface area is 72.0 Å². The van der Waals surface area contributed by atoms with E-state index in [0.717, 1.165) is 6.42 Å². The third-order valence-corrected chi connectivity index (χ3v) is 2.36. The molecule has 0 atom stereocenters. The lowest BCUT2D eigenvalue weighted by atomic mass is 9.99. The molecule has 0 spiro atoms. The monoisotopic (exact) mass is 166 g/mol. The summed E-state index contributed by atoms with van der Waals surface area (Å²) in [6.45, 7) is 0.813. The highest BCUT2D eigenvalue weighted by Gasteiger charge is 2.12. The van der Waals surface area contributed by atoms with Gasteiger partial charge in [0, 0.05) is 6.20 Å². The van der Waals surface area contributed by atoms with Crippen molar-refractivity contribution in [2.24, 2.45) is 0 Å². The Morgan fingerprint density at radius 3 is 3.00 bits per heavy atom. The van der Waals surface area contributed by atoms with Gasteiger partial charge < -0.3 is 5.11 Å². The first kappa shape index (κ1) is 7.80. The highest BCUT2D eigenvalue weighted by molar-refractivity contribution is 5.19. The first-order chi connectivity index (χ1) is 5.90. The second-order valence-electron chi connectivity index (χ2n) is 3.29. The van der Waals surface area contributed by atoms with Crippen molar-refractivity contribution < 1.29 is 5.11 Å². The van der Waals surface area contributed by atoms with Crippen molar-refractivity contribution in [2.45, 2.75) is 32.2 Å². The Balaban J connectivity index is 2.20. The third-order valence-electron chi connectivity index (χ3n) is 2.36. The number of rotatable bonds is 2. The van der Waals surface area contributed by atoms with Crippen LogP contribution in [0.3, 0.4) is 0 Å². The highest BCUT2D eigenvalue weighted by Crippen LogP contribution is 2.18. The topological polar surface area (TPSA) is 38.0 Å². The maximum absolute atomic E-state index is 8.72. The van der Waals surface area contributed by atoms with Crippen LogP contribution in [-0.2, 0) is 19.4 Å². The van der Waals surface area contributed by atoms with E-state index in [9.17, 15) is 0 Å². The van der Waals surface area contributed by atoms with Crippen molar-refractivity contribution in [3.63, 3.8) is 0 Å². The number of aliphatic hydroxyl groups is 1. The fourth-order valence-corrected chi connectivity index (χ4v) is 1.75. The van der Waals surface area contributed by atoms with Crippen LogP contribution in [0, 0.1) is 0 Å². The molecule has 1 aliphatic carbocycles. The number of aromatic nitrogens is 2. The largest absolute Gasteiger partial charge is 0.394 e. The van der Waals surface area contributed by atoms with Crippen molar-refractivity contribution in [3.8, 4) is 0 Å². The lowest BCUT2D eigenvalue weighted by Crippen LogP contribution is -2.03. The average Bonchev–Trinajstić information content (AvgIpc) is 2.47. The maximum atomic E-state index is 8.72. The van der Waals surface area contributed by atoms with Crippen molar-refractivity contribution in [1.82, 2.24) is 9.78 Å². The Hall–Kier alpha value is -0.830. The summed E-state index contributed by atoms with van der Waals surface area (Å²) in [5.41, 5.74) is 2.63. The van der Waals surface area contributed by atoms with Crippen LogP contribution in [-0.4, -0.2) is 21.5 Å². The molecule has 1 aromatic rings. The molecule has 3 nitrogen and oxygen atoms in total.